The van der Waals surface area contributed by atoms with Crippen LogP contribution in [0, 0.1) is 11.8 Å². The minimum absolute atomic E-state index is 0.600. The van der Waals surface area contributed by atoms with Gasteiger partial charge in [-0.3, -0.25) is 9.59 Å². The highest BCUT2D eigenvalue weighted by molar-refractivity contribution is 5.97. The molecule has 0 saturated heterocycles. The summed E-state index contributed by atoms with van der Waals surface area (Å²) in [5.74, 6) is 1.17. The van der Waals surface area contributed by atoms with Crippen molar-refractivity contribution in [1.29, 1.82) is 0 Å². The summed E-state index contributed by atoms with van der Waals surface area (Å²) in [7, 11) is 0. The lowest BCUT2D eigenvalue weighted by Crippen LogP contribution is -2.41. The average molecular weight is 261 g/mol. The van der Waals surface area contributed by atoms with Gasteiger partial charge in [0, 0.05) is 11.5 Å². The Hall–Kier alpha value is -2.81. The van der Waals surface area contributed by atoms with Gasteiger partial charge in [-0.15, -0.1) is 0 Å². The summed E-state index contributed by atoms with van der Waals surface area (Å²) >= 11 is 0. The van der Waals surface area contributed by atoms with E-state index in [1.165, 1.54) is 0 Å². The van der Waals surface area contributed by atoms with Gasteiger partial charge in [0.05, 0.1) is 6.42 Å². The molecule has 1 atom stereocenters. The lowest BCUT2D eigenvalue weighted by atomic mass is 10.2. The normalized spacial score (nSPS) is 10.7. The van der Waals surface area contributed by atoms with E-state index in [4.69, 9.17) is 10.2 Å². The van der Waals surface area contributed by atoms with Crippen LogP contribution in [0.15, 0.2) is 30.3 Å². The minimum Gasteiger partial charge on any atom is -0.481 e. The van der Waals surface area contributed by atoms with Crippen LogP contribution in [0.5, 0.6) is 0 Å². The van der Waals surface area contributed by atoms with E-state index in [9.17, 15) is 14.4 Å². The van der Waals surface area contributed by atoms with Gasteiger partial charge < -0.3 is 15.5 Å². The molecule has 19 heavy (non-hydrogen) atoms. The van der Waals surface area contributed by atoms with Crippen molar-refractivity contribution in [2.45, 2.75) is 12.5 Å². The first-order valence-electron chi connectivity index (χ1n) is 5.31. The minimum atomic E-state index is -1.49. The highest BCUT2D eigenvalue weighted by atomic mass is 16.4. The van der Waals surface area contributed by atoms with Crippen LogP contribution in [0.1, 0.15) is 12.0 Å². The van der Waals surface area contributed by atoms with Crippen LogP contribution in [0.2, 0.25) is 0 Å². The molecular weight excluding hydrogens is 250 g/mol. The molecule has 3 N–H and O–H groups in total. The number of carboxylic acids is 2. The van der Waals surface area contributed by atoms with Gasteiger partial charge in [0.15, 0.2) is 0 Å². The Kier molecular flexibility index (Phi) is 5.11. The Morgan fingerprint density at radius 1 is 1.16 bits per heavy atom. The average Bonchev–Trinajstić information content (AvgIpc) is 2.36. The first kappa shape index (κ1) is 14.3. The van der Waals surface area contributed by atoms with Crippen LogP contribution in [-0.4, -0.2) is 34.1 Å². The molecule has 0 heterocycles. The molecule has 0 fully saturated rings. The second kappa shape index (κ2) is 6.81. The molecule has 0 aliphatic heterocycles. The number of carbonyl (C=O) groups excluding carboxylic acids is 1. The van der Waals surface area contributed by atoms with E-state index in [-0.39, 0.29) is 0 Å². The van der Waals surface area contributed by atoms with E-state index in [1.54, 1.807) is 30.3 Å². The Balaban J connectivity index is 2.66. The van der Waals surface area contributed by atoms with Crippen LogP contribution >= 0.6 is 0 Å². The van der Waals surface area contributed by atoms with Crippen LogP contribution in [0.25, 0.3) is 0 Å². The zero-order chi connectivity index (χ0) is 14.3. The molecule has 6 nitrogen and oxygen atoms in total. The summed E-state index contributed by atoms with van der Waals surface area (Å²) in [6.07, 6.45) is -0.700. The maximum Gasteiger partial charge on any atom is 0.326 e. The SMILES string of the molecule is O=C(O)CC(NC(=O)C#Cc1ccccc1)C(=O)O. The van der Waals surface area contributed by atoms with E-state index in [1.807, 2.05) is 5.32 Å². The Labute approximate surface area is 109 Å². The van der Waals surface area contributed by atoms with Crippen LogP contribution in [0.4, 0.5) is 0 Å². The smallest absolute Gasteiger partial charge is 0.326 e. The van der Waals surface area contributed by atoms with Gasteiger partial charge in [-0.2, -0.15) is 0 Å². The summed E-state index contributed by atoms with van der Waals surface area (Å²) in [6, 6.07) is 7.16. The molecule has 0 saturated carbocycles. The number of amides is 1. The van der Waals surface area contributed by atoms with Crippen LogP contribution < -0.4 is 5.32 Å². The second-order valence-electron chi connectivity index (χ2n) is 3.58. The number of nitrogens with one attached hydrogen (secondary N) is 1. The van der Waals surface area contributed by atoms with Gasteiger partial charge in [-0.1, -0.05) is 24.1 Å². The molecule has 0 aromatic heterocycles. The van der Waals surface area contributed by atoms with Crippen molar-refractivity contribution in [2.24, 2.45) is 0 Å². The van der Waals surface area contributed by atoms with Crippen LogP contribution in [0.3, 0.4) is 0 Å². The molecule has 1 amide bonds. The number of carboxylic acid groups (broad SMARTS) is 2. The van der Waals surface area contributed by atoms with Crippen molar-refractivity contribution in [3.8, 4) is 11.8 Å². The number of rotatable bonds is 4. The highest BCUT2D eigenvalue weighted by Crippen LogP contribution is 1.95. The molecule has 0 radical (unpaired) electrons. The summed E-state index contributed by atoms with van der Waals surface area (Å²) in [4.78, 5) is 32.5. The molecule has 6 heteroatoms. The van der Waals surface area contributed by atoms with Crippen molar-refractivity contribution >= 4 is 17.8 Å². The van der Waals surface area contributed by atoms with Crippen molar-refractivity contribution in [3.05, 3.63) is 35.9 Å². The van der Waals surface area contributed by atoms with Crippen molar-refractivity contribution in [3.63, 3.8) is 0 Å². The van der Waals surface area contributed by atoms with E-state index in [2.05, 4.69) is 11.8 Å². The fraction of sp³-hybridized carbons (Fsp3) is 0.154. The molecule has 0 aliphatic carbocycles. The lowest BCUT2D eigenvalue weighted by Gasteiger charge is -2.09. The lowest BCUT2D eigenvalue weighted by molar-refractivity contribution is -0.146. The maximum absolute atomic E-state index is 11.4. The van der Waals surface area contributed by atoms with Crippen LogP contribution in [-0.2, 0) is 14.4 Å². The Morgan fingerprint density at radius 3 is 2.32 bits per heavy atom. The van der Waals surface area contributed by atoms with Crippen molar-refractivity contribution < 1.29 is 24.6 Å². The second-order valence-corrected chi connectivity index (χ2v) is 3.58. The predicted molar refractivity (Wildman–Crippen MR) is 65.1 cm³/mol. The fourth-order valence-corrected chi connectivity index (χ4v) is 1.22. The first-order valence-corrected chi connectivity index (χ1v) is 5.31. The Morgan fingerprint density at radius 2 is 1.79 bits per heavy atom. The molecule has 1 aromatic rings. The monoisotopic (exact) mass is 261 g/mol. The van der Waals surface area contributed by atoms with Crippen molar-refractivity contribution in [2.75, 3.05) is 0 Å². The molecule has 1 rings (SSSR count). The molecule has 1 aromatic carbocycles. The van der Waals surface area contributed by atoms with E-state index < -0.39 is 30.3 Å². The number of carbonyl (C=O) groups is 3. The molecule has 0 spiro atoms. The number of aliphatic carboxylic acids is 2. The van der Waals surface area contributed by atoms with E-state index >= 15 is 0 Å². The highest BCUT2D eigenvalue weighted by Gasteiger charge is 2.22. The molecular formula is C13H11NO5. The summed E-state index contributed by atoms with van der Waals surface area (Å²) in [6.45, 7) is 0. The van der Waals surface area contributed by atoms with E-state index in [0.29, 0.717) is 5.56 Å². The third kappa shape index (κ3) is 5.37. The fourth-order valence-electron chi connectivity index (χ4n) is 1.22. The van der Waals surface area contributed by atoms with Gasteiger partial charge in [0.2, 0.25) is 0 Å². The maximum atomic E-state index is 11.4. The van der Waals surface area contributed by atoms with Gasteiger partial charge >= 0.3 is 11.9 Å². The molecule has 1 unspecified atom stereocenters. The van der Waals surface area contributed by atoms with Gasteiger partial charge in [0.1, 0.15) is 6.04 Å². The predicted octanol–water partition coefficient (Wildman–Crippen LogP) is 0.0822. The molecule has 98 valence electrons. The topological polar surface area (TPSA) is 104 Å². The quantitative estimate of drug-likeness (QED) is 0.666. The number of hydrogen-bond acceptors (Lipinski definition) is 3. The van der Waals surface area contributed by atoms with E-state index in [0.717, 1.165) is 0 Å². The van der Waals surface area contributed by atoms with Gasteiger partial charge in [0.25, 0.3) is 5.91 Å². The Bertz CT molecular complexity index is 541. The third-order valence-electron chi connectivity index (χ3n) is 2.08. The third-order valence-corrected chi connectivity index (χ3v) is 2.08. The number of hydrogen-bond donors (Lipinski definition) is 3. The zero-order valence-electron chi connectivity index (χ0n) is 9.79. The van der Waals surface area contributed by atoms with Gasteiger partial charge in [-0.25, -0.2) is 4.79 Å². The summed E-state index contributed by atoms with van der Waals surface area (Å²) in [5, 5.41) is 19.3. The molecule has 0 bridgehead atoms. The van der Waals surface area contributed by atoms with Gasteiger partial charge in [-0.05, 0) is 12.1 Å². The first-order chi connectivity index (χ1) is 8.99. The summed E-state index contributed by atoms with van der Waals surface area (Å²) < 4.78 is 0. The standard InChI is InChI=1S/C13H11NO5/c15-11(7-6-9-4-2-1-3-5-9)14-10(13(18)19)8-12(16)17/h1-5,10H,8H2,(H,14,15)(H,16,17)(H,18,19). The zero-order valence-corrected chi connectivity index (χ0v) is 9.79. The largest absolute Gasteiger partial charge is 0.481 e. The number of benzene rings is 1. The van der Waals surface area contributed by atoms with Crippen molar-refractivity contribution in [1.82, 2.24) is 5.32 Å². The molecule has 0 aliphatic rings. The summed E-state index contributed by atoms with van der Waals surface area (Å²) in [5.41, 5.74) is 0.600.